The summed E-state index contributed by atoms with van der Waals surface area (Å²) in [5.74, 6) is 0.464. The third-order valence-electron chi connectivity index (χ3n) is 2.91. The Morgan fingerprint density at radius 2 is 2.00 bits per heavy atom. The van der Waals surface area contributed by atoms with Crippen molar-refractivity contribution in [3.63, 3.8) is 0 Å². The quantitative estimate of drug-likeness (QED) is 0.786. The lowest BCUT2D eigenvalue weighted by Crippen LogP contribution is -2.36. The molecule has 98 valence electrons. The highest BCUT2D eigenvalue weighted by Crippen LogP contribution is 2.26. The predicted octanol–water partition coefficient (Wildman–Crippen LogP) is 1.81. The van der Waals surface area contributed by atoms with Gasteiger partial charge in [-0.2, -0.15) is 5.53 Å². The Hall–Kier alpha value is -1.95. The highest BCUT2D eigenvalue weighted by Gasteiger charge is 2.14. The van der Waals surface area contributed by atoms with Crippen LogP contribution in [0.1, 0.15) is 0 Å². The summed E-state index contributed by atoms with van der Waals surface area (Å²) in [7, 11) is 0. The fraction of sp³-hybridized carbons (Fsp3) is 0.143. The first-order valence-corrected chi connectivity index (χ1v) is 6.08. The van der Waals surface area contributed by atoms with Crippen molar-refractivity contribution in [1.82, 2.24) is 16.4 Å². The fourth-order valence-corrected chi connectivity index (χ4v) is 1.99. The molecule has 0 aromatic heterocycles. The number of hydrogen-bond acceptors (Lipinski definition) is 4. The molecule has 1 fully saturated rings. The SMILES string of the molecule is Fc1ccccc1-c1cccc(OC2CNNN2)c1. The van der Waals surface area contributed by atoms with Crippen molar-refractivity contribution in [3.05, 3.63) is 54.3 Å². The summed E-state index contributed by atoms with van der Waals surface area (Å²) in [4.78, 5) is 0. The van der Waals surface area contributed by atoms with Crippen molar-refractivity contribution in [2.45, 2.75) is 6.23 Å². The second-order valence-electron chi connectivity index (χ2n) is 4.26. The van der Waals surface area contributed by atoms with Crippen LogP contribution in [0.3, 0.4) is 0 Å². The van der Waals surface area contributed by atoms with Crippen LogP contribution in [0.15, 0.2) is 48.5 Å². The summed E-state index contributed by atoms with van der Waals surface area (Å²) < 4.78 is 19.5. The molecule has 1 unspecified atom stereocenters. The lowest BCUT2D eigenvalue weighted by atomic mass is 10.1. The minimum absolute atomic E-state index is 0.143. The zero-order valence-electron chi connectivity index (χ0n) is 10.2. The van der Waals surface area contributed by atoms with Gasteiger partial charge in [-0.1, -0.05) is 30.3 Å². The van der Waals surface area contributed by atoms with Gasteiger partial charge in [-0.3, -0.25) is 0 Å². The van der Waals surface area contributed by atoms with E-state index in [0.29, 0.717) is 17.9 Å². The fourth-order valence-electron chi connectivity index (χ4n) is 1.99. The first-order chi connectivity index (χ1) is 9.33. The molecule has 2 aromatic carbocycles. The Labute approximate surface area is 110 Å². The normalized spacial score (nSPS) is 18.5. The maximum atomic E-state index is 13.7. The maximum absolute atomic E-state index is 13.7. The van der Waals surface area contributed by atoms with E-state index in [-0.39, 0.29) is 12.0 Å². The molecule has 1 atom stereocenters. The Kier molecular flexibility index (Phi) is 3.41. The van der Waals surface area contributed by atoms with Gasteiger partial charge < -0.3 is 4.74 Å². The van der Waals surface area contributed by atoms with Crippen LogP contribution in [0.4, 0.5) is 4.39 Å². The summed E-state index contributed by atoms with van der Waals surface area (Å²) >= 11 is 0. The topological polar surface area (TPSA) is 45.3 Å². The highest BCUT2D eigenvalue weighted by atomic mass is 19.1. The molecule has 1 saturated heterocycles. The standard InChI is InChI=1S/C14H14FN3O/c15-13-7-2-1-6-12(13)10-4-3-5-11(8-10)19-14-9-16-18-17-14/h1-8,14,16-18H,9H2. The van der Waals surface area contributed by atoms with Crippen LogP contribution in [-0.2, 0) is 0 Å². The molecule has 2 aromatic rings. The number of hydrogen-bond donors (Lipinski definition) is 3. The van der Waals surface area contributed by atoms with E-state index in [1.165, 1.54) is 6.07 Å². The first-order valence-electron chi connectivity index (χ1n) is 6.08. The summed E-state index contributed by atoms with van der Waals surface area (Å²) in [6.07, 6.45) is -0.143. The Bertz CT molecular complexity index is 570. The van der Waals surface area contributed by atoms with Gasteiger partial charge >= 0.3 is 0 Å². The van der Waals surface area contributed by atoms with Crippen molar-refractivity contribution >= 4 is 0 Å². The van der Waals surface area contributed by atoms with Crippen LogP contribution >= 0.6 is 0 Å². The van der Waals surface area contributed by atoms with Crippen LogP contribution in [0, 0.1) is 5.82 Å². The predicted molar refractivity (Wildman–Crippen MR) is 70.5 cm³/mol. The third-order valence-corrected chi connectivity index (χ3v) is 2.91. The van der Waals surface area contributed by atoms with Crippen molar-refractivity contribution in [3.8, 4) is 16.9 Å². The minimum Gasteiger partial charge on any atom is -0.473 e. The van der Waals surface area contributed by atoms with Gasteiger partial charge in [0.05, 0.1) is 6.54 Å². The zero-order valence-corrected chi connectivity index (χ0v) is 10.2. The third kappa shape index (κ3) is 2.73. The molecular formula is C14H14FN3O. The van der Waals surface area contributed by atoms with Crippen LogP contribution in [-0.4, -0.2) is 12.8 Å². The van der Waals surface area contributed by atoms with Gasteiger partial charge in [0.15, 0.2) is 6.23 Å². The van der Waals surface area contributed by atoms with Gasteiger partial charge in [0, 0.05) is 5.56 Å². The van der Waals surface area contributed by atoms with Crippen molar-refractivity contribution in [2.24, 2.45) is 0 Å². The molecular weight excluding hydrogens is 245 g/mol. The maximum Gasteiger partial charge on any atom is 0.177 e. The summed E-state index contributed by atoms with van der Waals surface area (Å²) in [6, 6.07) is 14.1. The van der Waals surface area contributed by atoms with Crippen molar-refractivity contribution in [1.29, 1.82) is 0 Å². The molecule has 0 spiro atoms. The van der Waals surface area contributed by atoms with Gasteiger partial charge in [0.1, 0.15) is 11.6 Å². The van der Waals surface area contributed by atoms with Crippen LogP contribution < -0.4 is 21.1 Å². The number of benzene rings is 2. The summed E-state index contributed by atoms with van der Waals surface area (Å²) in [5, 5.41) is 0. The van der Waals surface area contributed by atoms with E-state index in [9.17, 15) is 4.39 Å². The number of hydrazine groups is 2. The van der Waals surface area contributed by atoms with E-state index >= 15 is 0 Å². The lowest BCUT2D eigenvalue weighted by molar-refractivity contribution is 0.191. The molecule has 19 heavy (non-hydrogen) atoms. The molecule has 4 nitrogen and oxygen atoms in total. The van der Waals surface area contributed by atoms with Crippen LogP contribution in [0.25, 0.3) is 11.1 Å². The van der Waals surface area contributed by atoms with E-state index in [0.717, 1.165) is 5.56 Å². The van der Waals surface area contributed by atoms with Gasteiger partial charge in [-0.25, -0.2) is 15.2 Å². The largest absolute Gasteiger partial charge is 0.473 e. The lowest BCUT2D eigenvalue weighted by Gasteiger charge is -2.13. The molecule has 1 aliphatic heterocycles. The summed E-state index contributed by atoms with van der Waals surface area (Å²) in [6.45, 7) is 0.657. The molecule has 0 amide bonds. The molecule has 3 rings (SSSR count). The summed E-state index contributed by atoms with van der Waals surface area (Å²) in [5.41, 5.74) is 9.96. The molecule has 5 heteroatoms. The van der Waals surface area contributed by atoms with Crippen LogP contribution in [0.2, 0.25) is 0 Å². The van der Waals surface area contributed by atoms with Gasteiger partial charge in [-0.05, 0) is 23.8 Å². The second-order valence-corrected chi connectivity index (χ2v) is 4.26. The second kappa shape index (κ2) is 5.36. The van der Waals surface area contributed by atoms with E-state index in [1.54, 1.807) is 12.1 Å². The van der Waals surface area contributed by atoms with E-state index in [2.05, 4.69) is 16.4 Å². The van der Waals surface area contributed by atoms with Crippen molar-refractivity contribution in [2.75, 3.05) is 6.54 Å². The average Bonchev–Trinajstić information content (AvgIpc) is 2.92. The number of rotatable bonds is 3. The molecule has 0 bridgehead atoms. The number of halogens is 1. The number of nitrogens with one attached hydrogen (secondary N) is 3. The monoisotopic (exact) mass is 259 g/mol. The van der Waals surface area contributed by atoms with Gasteiger partial charge in [-0.15, -0.1) is 0 Å². The smallest absolute Gasteiger partial charge is 0.177 e. The molecule has 1 heterocycles. The van der Waals surface area contributed by atoms with Gasteiger partial charge in [0.2, 0.25) is 0 Å². The van der Waals surface area contributed by atoms with E-state index in [1.807, 2.05) is 30.3 Å². The Balaban J connectivity index is 1.85. The van der Waals surface area contributed by atoms with Gasteiger partial charge in [0.25, 0.3) is 0 Å². The van der Waals surface area contributed by atoms with Crippen molar-refractivity contribution < 1.29 is 9.13 Å². The highest BCUT2D eigenvalue weighted by molar-refractivity contribution is 5.65. The number of ether oxygens (including phenoxy) is 1. The molecule has 0 saturated carbocycles. The zero-order chi connectivity index (χ0) is 13.1. The van der Waals surface area contributed by atoms with E-state index in [4.69, 9.17) is 4.74 Å². The molecule has 3 N–H and O–H groups in total. The van der Waals surface area contributed by atoms with E-state index < -0.39 is 0 Å². The average molecular weight is 259 g/mol. The molecule has 1 aliphatic rings. The molecule has 0 radical (unpaired) electrons. The Morgan fingerprint density at radius 3 is 2.79 bits per heavy atom. The minimum atomic E-state index is -0.234. The van der Waals surface area contributed by atoms with Crippen LogP contribution in [0.5, 0.6) is 5.75 Å². The first kappa shape index (κ1) is 12.1. The molecule has 0 aliphatic carbocycles. The Morgan fingerprint density at radius 1 is 1.11 bits per heavy atom.